The lowest BCUT2D eigenvalue weighted by molar-refractivity contribution is -0.0588. The second-order valence-electron chi connectivity index (χ2n) is 4.78. The van der Waals surface area contributed by atoms with Crippen molar-refractivity contribution in [2.45, 2.75) is 0 Å². The molecule has 1 aliphatic rings. The van der Waals surface area contributed by atoms with Crippen molar-refractivity contribution >= 4 is 85.6 Å². The summed E-state index contributed by atoms with van der Waals surface area (Å²) in [5, 5.41) is 0.0885. The first-order valence-electron chi connectivity index (χ1n) is 6.46. The number of rotatable bonds is 2. The smallest absolute Gasteiger partial charge is 0.324 e. The van der Waals surface area contributed by atoms with Crippen molar-refractivity contribution in [2.24, 2.45) is 0 Å². The van der Waals surface area contributed by atoms with Crippen molar-refractivity contribution < 1.29 is 28.0 Å². The molecule has 0 spiro atoms. The fourth-order valence-electron chi connectivity index (χ4n) is 2.19. The van der Waals surface area contributed by atoms with Crippen LogP contribution in [-0.2, 0) is 4.84 Å². The van der Waals surface area contributed by atoms with Gasteiger partial charge in [-0.05, 0) is 92.0 Å². The van der Waals surface area contributed by atoms with Crippen molar-refractivity contribution in [3.63, 3.8) is 0 Å². The molecule has 0 fully saturated rings. The monoisotopic (exact) mass is 681 g/mol. The molecule has 0 aliphatic carbocycles. The summed E-state index contributed by atoms with van der Waals surface area (Å²) in [4.78, 5) is 41.7. The van der Waals surface area contributed by atoms with Gasteiger partial charge in [-0.2, -0.15) is 0 Å². The average molecular weight is 681 g/mol. The third-order valence-corrected chi connectivity index (χ3v) is 7.27. The SMILES string of the molecule is O=C(ON1C(=O)c2c(F)ccc(F)c2C1=O)c1c(I)ccc(I)c1I. The number of hydroxylamine groups is 2. The number of hydrogen-bond acceptors (Lipinski definition) is 4. The molecule has 5 nitrogen and oxygen atoms in total. The first-order valence-corrected chi connectivity index (χ1v) is 9.70. The first-order chi connectivity index (χ1) is 11.7. The summed E-state index contributed by atoms with van der Waals surface area (Å²) < 4.78 is 29.5. The highest BCUT2D eigenvalue weighted by molar-refractivity contribution is 14.1. The maximum atomic E-state index is 13.8. The third kappa shape index (κ3) is 3.15. The number of amides is 2. The van der Waals surface area contributed by atoms with Gasteiger partial charge >= 0.3 is 5.97 Å². The van der Waals surface area contributed by atoms with E-state index in [1.54, 1.807) is 12.1 Å². The molecule has 0 atom stereocenters. The number of fused-ring (bicyclic) bond motifs is 1. The van der Waals surface area contributed by atoms with E-state index in [-0.39, 0.29) is 10.6 Å². The summed E-state index contributed by atoms with van der Waals surface area (Å²) in [7, 11) is 0. The van der Waals surface area contributed by atoms with Crippen LogP contribution in [0.1, 0.15) is 31.1 Å². The summed E-state index contributed by atoms with van der Waals surface area (Å²) in [5.74, 6) is -5.54. The predicted molar refractivity (Wildman–Crippen MR) is 107 cm³/mol. The molecule has 0 saturated carbocycles. The van der Waals surface area contributed by atoms with Gasteiger partial charge in [0.25, 0.3) is 11.8 Å². The van der Waals surface area contributed by atoms with E-state index in [4.69, 9.17) is 4.84 Å². The minimum Gasteiger partial charge on any atom is -0.324 e. The van der Waals surface area contributed by atoms with Crippen LogP contribution < -0.4 is 0 Å². The van der Waals surface area contributed by atoms with E-state index >= 15 is 0 Å². The van der Waals surface area contributed by atoms with Gasteiger partial charge < -0.3 is 4.84 Å². The van der Waals surface area contributed by atoms with Gasteiger partial charge in [0.2, 0.25) is 0 Å². The molecule has 128 valence electrons. The quantitative estimate of drug-likeness (QED) is 0.272. The Hall–Kier alpha value is -0.900. The Balaban J connectivity index is 1.98. The van der Waals surface area contributed by atoms with Crippen LogP contribution >= 0.6 is 67.8 Å². The van der Waals surface area contributed by atoms with E-state index in [1.807, 2.05) is 67.8 Å². The summed E-state index contributed by atoms with van der Waals surface area (Å²) in [6.45, 7) is 0. The van der Waals surface area contributed by atoms with E-state index in [2.05, 4.69) is 0 Å². The van der Waals surface area contributed by atoms with Crippen LogP contribution in [0.4, 0.5) is 8.78 Å². The average Bonchev–Trinajstić information content (AvgIpc) is 2.81. The third-order valence-electron chi connectivity index (χ3n) is 3.32. The zero-order valence-corrected chi connectivity index (χ0v) is 18.3. The van der Waals surface area contributed by atoms with Crippen LogP contribution in [0, 0.1) is 22.3 Å². The Kier molecular flexibility index (Phi) is 5.30. The lowest BCUT2D eigenvalue weighted by Gasteiger charge is -2.14. The summed E-state index contributed by atoms with van der Waals surface area (Å²) in [6.07, 6.45) is 0. The van der Waals surface area contributed by atoms with Crippen LogP contribution in [0.3, 0.4) is 0 Å². The number of nitrogens with zero attached hydrogens (tertiary/aromatic N) is 1. The van der Waals surface area contributed by atoms with Crippen LogP contribution in [-0.4, -0.2) is 22.8 Å². The molecule has 3 rings (SSSR count). The standard InChI is InChI=1S/C15H4F2I3NO4/c16-5-1-2-6(17)10-9(5)13(22)21(14(10)23)25-15(24)11-7(18)3-4-8(19)12(11)20/h1-4H. The van der Waals surface area contributed by atoms with E-state index < -0.39 is 40.5 Å². The predicted octanol–water partition coefficient (Wildman–Crippen LogP) is 4.15. The minimum atomic E-state index is -1.22. The molecule has 0 bridgehead atoms. The number of carbonyl (C=O) groups excluding carboxylic acids is 3. The minimum absolute atomic E-state index is 0.0885. The maximum Gasteiger partial charge on any atom is 0.366 e. The van der Waals surface area contributed by atoms with Crippen molar-refractivity contribution in [1.82, 2.24) is 5.06 Å². The number of benzene rings is 2. The molecular weight excluding hydrogens is 677 g/mol. The Labute approximate surface area is 180 Å². The van der Waals surface area contributed by atoms with Crippen LogP contribution in [0.5, 0.6) is 0 Å². The number of hydrogen-bond donors (Lipinski definition) is 0. The van der Waals surface area contributed by atoms with Crippen molar-refractivity contribution in [3.05, 3.63) is 63.3 Å². The van der Waals surface area contributed by atoms with Gasteiger partial charge in [0.15, 0.2) is 0 Å². The van der Waals surface area contributed by atoms with Gasteiger partial charge in [-0.1, -0.05) is 5.06 Å². The molecule has 1 heterocycles. The zero-order chi connectivity index (χ0) is 18.5. The van der Waals surface area contributed by atoms with Crippen molar-refractivity contribution in [2.75, 3.05) is 0 Å². The van der Waals surface area contributed by atoms with Gasteiger partial charge in [0.05, 0.1) is 16.7 Å². The van der Waals surface area contributed by atoms with Gasteiger partial charge in [-0.3, -0.25) is 9.59 Å². The fraction of sp³-hybridized carbons (Fsp3) is 0. The Morgan fingerprint density at radius 1 is 0.880 bits per heavy atom. The Morgan fingerprint density at radius 3 is 1.88 bits per heavy atom. The summed E-state index contributed by atoms with van der Waals surface area (Å²) in [5.41, 5.74) is -1.33. The molecule has 2 amide bonds. The summed E-state index contributed by atoms with van der Waals surface area (Å²) >= 11 is 5.86. The second kappa shape index (κ2) is 7.02. The van der Waals surface area contributed by atoms with E-state index in [0.717, 1.165) is 15.7 Å². The molecule has 0 unspecified atom stereocenters. The van der Waals surface area contributed by atoms with Gasteiger partial charge in [0.1, 0.15) is 11.6 Å². The molecule has 0 saturated heterocycles. The summed E-state index contributed by atoms with van der Waals surface area (Å²) in [6, 6.07) is 4.92. The molecule has 25 heavy (non-hydrogen) atoms. The highest BCUT2D eigenvalue weighted by atomic mass is 127. The molecule has 0 radical (unpaired) electrons. The maximum absolute atomic E-state index is 13.8. The first kappa shape index (κ1) is 18.9. The van der Waals surface area contributed by atoms with E-state index in [0.29, 0.717) is 7.14 Å². The lowest BCUT2D eigenvalue weighted by atomic mass is 10.1. The topological polar surface area (TPSA) is 63.7 Å². The Bertz CT molecular complexity index is 923. The van der Waals surface area contributed by atoms with Crippen LogP contribution in [0.15, 0.2) is 24.3 Å². The number of halogens is 5. The molecule has 10 heteroatoms. The van der Waals surface area contributed by atoms with Gasteiger partial charge in [0, 0.05) is 10.7 Å². The fourth-order valence-corrected chi connectivity index (χ4v) is 4.52. The van der Waals surface area contributed by atoms with Gasteiger partial charge in [-0.15, -0.1) is 0 Å². The second-order valence-corrected chi connectivity index (χ2v) is 8.18. The molecule has 2 aromatic rings. The largest absolute Gasteiger partial charge is 0.366 e. The highest BCUT2D eigenvalue weighted by Crippen LogP contribution is 2.30. The molecule has 0 N–H and O–H groups in total. The van der Waals surface area contributed by atoms with Crippen molar-refractivity contribution in [1.29, 1.82) is 0 Å². The van der Waals surface area contributed by atoms with Gasteiger partial charge in [-0.25, -0.2) is 13.6 Å². The van der Waals surface area contributed by atoms with E-state index in [1.165, 1.54) is 0 Å². The van der Waals surface area contributed by atoms with Crippen molar-refractivity contribution in [3.8, 4) is 0 Å². The lowest BCUT2D eigenvalue weighted by Crippen LogP contribution is -2.33. The van der Waals surface area contributed by atoms with Crippen LogP contribution in [0.2, 0.25) is 0 Å². The highest BCUT2D eigenvalue weighted by Gasteiger charge is 2.43. The normalized spacial score (nSPS) is 13.2. The molecular formula is C15H4F2I3NO4. The number of carbonyl (C=O) groups is 3. The van der Waals surface area contributed by atoms with E-state index in [9.17, 15) is 23.2 Å². The Morgan fingerprint density at radius 2 is 1.36 bits per heavy atom. The number of imide groups is 1. The molecule has 0 aromatic heterocycles. The molecule has 1 aliphatic heterocycles. The molecule has 2 aromatic carbocycles. The zero-order valence-electron chi connectivity index (χ0n) is 11.8. The van der Waals surface area contributed by atoms with Crippen LogP contribution in [0.25, 0.3) is 0 Å².